The molecule has 0 heterocycles. The SMILES string of the molecule is Cc1cc(F)cc(I(OS(=O)(=O)C(F)(F)F)c2c(C)cc(C)cc2C)c1. The average Bonchev–Trinajstić information content (AvgIpc) is 2.42. The molecule has 0 spiro atoms. The molecule has 9 heteroatoms. The van der Waals surface area contributed by atoms with Gasteiger partial charge in [0.05, 0.1) is 0 Å². The summed E-state index contributed by atoms with van der Waals surface area (Å²) in [5.74, 6) is -0.655. The van der Waals surface area contributed by atoms with Crippen molar-refractivity contribution in [3.63, 3.8) is 0 Å². The van der Waals surface area contributed by atoms with Crippen LogP contribution >= 0.6 is 20.2 Å². The first-order valence-electron chi connectivity index (χ1n) is 7.38. The molecule has 0 radical (unpaired) electrons. The van der Waals surface area contributed by atoms with Crippen LogP contribution in [0.15, 0.2) is 30.3 Å². The molecule has 2 rings (SSSR count). The van der Waals surface area contributed by atoms with Gasteiger partial charge in [-0.05, 0) is 0 Å². The second-order valence-electron chi connectivity index (χ2n) is 5.87. The van der Waals surface area contributed by atoms with Crippen LogP contribution in [-0.2, 0) is 12.6 Å². The molecule has 144 valence electrons. The number of aryl methyl sites for hydroxylation is 4. The van der Waals surface area contributed by atoms with Gasteiger partial charge in [0.25, 0.3) is 0 Å². The molecule has 0 unspecified atom stereocenters. The Hall–Kier alpha value is -1.20. The van der Waals surface area contributed by atoms with Crippen molar-refractivity contribution in [1.82, 2.24) is 0 Å². The third-order valence-corrected chi connectivity index (χ3v) is 11.2. The zero-order valence-corrected chi connectivity index (χ0v) is 17.4. The van der Waals surface area contributed by atoms with Crippen molar-refractivity contribution in [3.8, 4) is 0 Å². The first-order valence-corrected chi connectivity index (χ1v) is 11.8. The number of hydrogen-bond acceptors (Lipinski definition) is 3. The summed E-state index contributed by atoms with van der Waals surface area (Å²) in [6.07, 6.45) is 0. The van der Waals surface area contributed by atoms with E-state index in [2.05, 4.69) is 0 Å². The summed E-state index contributed by atoms with van der Waals surface area (Å²) in [5, 5.41) is 0. The Kier molecular flexibility index (Phi) is 6.03. The summed E-state index contributed by atoms with van der Waals surface area (Å²) in [6.45, 7) is 6.75. The number of halogens is 5. The first kappa shape index (κ1) is 21.1. The first-order chi connectivity index (χ1) is 11.8. The molecule has 0 amide bonds. The molecule has 0 N–H and O–H groups in total. The monoisotopic (exact) mass is 504 g/mol. The third kappa shape index (κ3) is 4.55. The van der Waals surface area contributed by atoms with Crippen molar-refractivity contribution < 1.29 is 28.5 Å². The van der Waals surface area contributed by atoms with Crippen LogP contribution in [0.2, 0.25) is 0 Å². The van der Waals surface area contributed by atoms with Crippen molar-refractivity contribution in [2.24, 2.45) is 0 Å². The van der Waals surface area contributed by atoms with Gasteiger partial charge in [-0.25, -0.2) is 0 Å². The molecule has 0 saturated heterocycles. The predicted molar refractivity (Wildman–Crippen MR) is 99.3 cm³/mol. The van der Waals surface area contributed by atoms with Gasteiger partial charge in [-0.1, -0.05) is 0 Å². The summed E-state index contributed by atoms with van der Waals surface area (Å²) in [5.41, 5.74) is -2.96. The fraction of sp³-hybridized carbons (Fsp3) is 0.294. The summed E-state index contributed by atoms with van der Waals surface area (Å²) >= 11 is -3.60. The van der Waals surface area contributed by atoms with Gasteiger partial charge in [0, 0.05) is 0 Å². The molecular formula is C17H17F4IO3S. The van der Waals surface area contributed by atoms with E-state index in [0.717, 1.165) is 11.6 Å². The topological polar surface area (TPSA) is 43.4 Å². The molecule has 2 aromatic rings. The van der Waals surface area contributed by atoms with E-state index in [1.54, 1.807) is 32.9 Å². The quantitative estimate of drug-likeness (QED) is 0.319. The fourth-order valence-electron chi connectivity index (χ4n) is 2.52. The molecule has 3 nitrogen and oxygen atoms in total. The molecule has 0 aromatic heterocycles. The maximum atomic E-state index is 13.8. The molecule has 0 bridgehead atoms. The van der Waals surface area contributed by atoms with Gasteiger partial charge in [-0.2, -0.15) is 0 Å². The number of benzene rings is 2. The average molecular weight is 504 g/mol. The van der Waals surface area contributed by atoms with E-state index in [-0.39, 0.29) is 3.57 Å². The van der Waals surface area contributed by atoms with Gasteiger partial charge in [-0.3, -0.25) is 0 Å². The van der Waals surface area contributed by atoms with Crippen LogP contribution in [0.3, 0.4) is 0 Å². The Labute approximate surface area is 157 Å². The van der Waals surface area contributed by atoms with Crippen molar-refractivity contribution in [2.45, 2.75) is 33.2 Å². The van der Waals surface area contributed by atoms with Crippen molar-refractivity contribution in [1.29, 1.82) is 0 Å². The minimum absolute atomic E-state index is 0.148. The second kappa shape index (κ2) is 7.43. The van der Waals surface area contributed by atoms with Gasteiger partial charge in [-0.15, -0.1) is 0 Å². The Bertz CT molecular complexity index is 896. The fourth-order valence-corrected chi connectivity index (χ4v) is 9.92. The molecule has 0 aliphatic rings. The number of hydrogen-bond donors (Lipinski definition) is 0. The standard InChI is InChI=1S/C17H17F4IO3S/c1-10-5-12(3)16(13(4)6-10)22(25-26(23,24)17(19,20)21)15-8-11(2)7-14(18)9-15/h5-9H,1-4H3. The maximum absolute atomic E-state index is 13.8. The van der Waals surface area contributed by atoms with Crippen LogP contribution in [0.25, 0.3) is 0 Å². The van der Waals surface area contributed by atoms with E-state index >= 15 is 0 Å². The van der Waals surface area contributed by atoms with E-state index in [9.17, 15) is 26.0 Å². The van der Waals surface area contributed by atoms with Gasteiger partial charge < -0.3 is 0 Å². The summed E-state index contributed by atoms with van der Waals surface area (Å²) < 4.78 is 81.1. The van der Waals surface area contributed by atoms with Crippen LogP contribution in [0.1, 0.15) is 22.3 Å². The van der Waals surface area contributed by atoms with Gasteiger partial charge in [0.15, 0.2) is 0 Å². The number of alkyl halides is 3. The Morgan fingerprint density at radius 1 is 0.885 bits per heavy atom. The van der Waals surface area contributed by atoms with E-state index in [1.165, 1.54) is 12.1 Å². The molecule has 0 aliphatic carbocycles. The molecule has 0 saturated carbocycles. The molecule has 0 aliphatic heterocycles. The van der Waals surface area contributed by atoms with Crippen LogP contribution in [0.4, 0.5) is 17.6 Å². The third-order valence-electron chi connectivity index (χ3n) is 3.39. The molecule has 0 atom stereocenters. The Balaban J connectivity index is 2.71. The zero-order valence-electron chi connectivity index (χ0n) is 14.4. The summed E-state index contributed by atoms with van der Waals surface area (Å²) in [6, 6.07) is 7.21. The van der Waals surface area contributed by atoms with E-state index in [0.29, 0.717) is 20.3 Å². The van der Waals surface area contributed by atoms with E-state index in [4.69, 9.17) is 2.51 Å². The van der Waals surface area contributed by atoms with Crippen LogP contribution in [0, 0.1) is 40.7 Å². The van der Waals surface area contributed by atoms with Crippen molar-refractivity contribution in [3.05, 3.63) is 65.5 Å². The van der Waals surface area contributed by atoms with Gasteiger partial charge >= 0.3 is 158 Å². The Morgan fingerprint density at radius 3 is 1.85 bits per heavy atom. The predicted octanol–water partition coefficient (Wildman–Crippen LogP) is 5.39. The molecule has 0 fully saturated rings. The van der Waals surface area contributed by atoms with Crippen LogP contribution in [0.5, 0.6) is 0 Å². The van der Waals surface area contributed by atoms with Gasteiger partial charge in [0.1, 0.15) is 0 Å². The summed E-state index contributed by atoms with van der Waals surface area (Å²) in [7, 11) is -5.82. The number of rotatable bonds is 4. The van der Waals surface area contributed by atoms with Crippen molar-refractivity contribution >= 4 is 30.4 Å². The second-order valence-corrected chi connectivity index (χ2v) is 12.2. The van der Waals surface area contributed by atoms with Gasteiger partial charge in [0.2, 0.25) is 0 Å². The molecule has 26 heavy (non-hydrogen) atoms. The molecular weight excluding hydrogens is 487 g/mol. The van der Waals surface area contributed by atoms with Crippen LogP contribution < -0.4 is 0 Å². The normalized spacial score (nSPS) is 13.0. The minimum atomic E-state index is -5.82. The van der Waals surface area contributed by atoms with E-state index < -0.39 is 41.7 Å². The van der Waals surface area contributed by atoms with Crippen LogP contribution in [-0.4, -0.2) is 13.9 Å². The van der Waals surface area contributed by atoms with Crippen molar-refractivity contribution in [2.75, 3.05) is 0 Å². The zero-order chi connectivity index (χ0) is 19.9. The Morgan fingerprint density at radius 2 is 1.38 bits per heavy atom. The summed E-state index contributed by atoms with van der Waals surface area (Å²) in [4.78, 5) is 0. The van der Waals surface area contributed by atoms with E-state index in [1.807, 2.05) is 6.92 Å². The molecule has 2 aromatic carbocycles.